The summed E-state index contributed by atoms with van der Waals surface area (Å²) in [6, 6.07) is 3.66. The van der Waals surface area contributed by atoms with Gasteiger partial charge in [0.25, 0.3) is 0 Å². The van der Waals surface area contributed by atoms with Crippen molar-refractivity contribution in [1.82, 2.24) is 4.98 Å². The van der Waals surface area contributed by atoms with Gasteiger partial charge in [-0.1, -0.05) is 23.2 Å². The zero-order valence-electron chi connectivity index (χ0n) is 6.72. The molecule has 0 aliphatic rings. The quantitative estimate of drug-likeness (QED) is 0.752. The molecular weight excluding hydrogens is 195 g/mol. The first-order valence-electron chi connectivity index (χ1n) is 3.65. The minimum absolute atomic E-state index is 0.111. The van der Waals surface area contributed by atoms with Gasteiger partial charge in [-0.2, -0.15) is 0 Å². The molecule has 4 heteroatoms. The van der Waals surface area contributed by atoms with E-state index in [1.807, 2.05) is 6.92 Å². The first-order chi connectivity index (χ1) is 5.58. The van der Waals surface area contributed by atoms with E-state index < -0.39 is 0 Å². The molecule has 1 rings (SSSR count). The van der Waals surface area contributed by atoms with E-state index in [0.717, 1.165) is 12.0 Å². The van der Waals surface area contributed by atoms with Gasteiger partial charge < -0.3 is 5.73 Å². The van der Waals surface area contributed by atoms with Crippen molar-refractivity contribution in [3.8, 4) is 0 Å². The van der Waals surface area contributed by atoms with Crippen LogP contribution in [-0.4, -0.2) is 11.0 Å². The van der Waals surface area contributed by atoms with Gasteiger partial charge in [0.15, 0.2) is 0 Å². The van der Waals surface area contributed by atoms with Gasteiger partial charge in [0.1, 0.15) is 10.3 Å². The van der Waals surface area contributed by atoms with Gasteiger partial charge in [0.05, 0.1) is 0 Å². The lowest BCUT2D eigenvalue weighted by Gasteiger charge is -2.05. The van der Waals surface area contributed by atoms with Crippen LogP contribution in [0.4, 0.5) is 0 Å². The van der Waals surface area contributed by atoms with E-state index in [0.29, 0.717) is 10.3 Å². The summed E-state index contributed by atoms with van der Waals surface area (Å²) >= 11 is 11.4. The Balaban J connectivity index is 2.85. The lowest BCUT2D eigenvalue weighted by atomic mass is 10.1. The van der Waals surface area contributed by atoms with E-state index in [2.05, 4.69) is 4.98 Å². The second kappa shape index (κ2) is 4.08. The first-order valence-corrected chi connectivity index (χ1v) is 4.41. The molecule has 0 aromatic carbocycles. The number of pyridine rings is 1. The van der Waals surface area contributed by atoms with Crippen molar-refractivity contribution >= 4 is 23.2 Å². The highest BCUT2D eigenvalue weighted by Crippen LogP contribution is 2.15. The van der Waals surface area contributed by atoms with Gasteiger partial charge in [-0.05, 0) is 31.0 Å². The third kappa shape index (κ3) is 2.97. The maximum Gasteiger partial charge on any atom is 0.131 e. The summed E-state index contributed by atoms with van der Waals surface area (Å²) in [6.07, 6.45) is 0.766. The van der Waals surface area contributed by atoms with Gasteiger partial charge in [-0.25, -0.2) is 4.98 Å². The van der Waals surface area contributed by atoms with Crippen LogP contribution in [0.25, 0.3) is 0 Å². The molecule has 1 heterocycles. The van der Waals surface area contributed by atoms with Crippen molar-refractivity contribution in [2.45, 2.75) is 19.4 Å². The predicted molar refractivity (Wildman–Crippen MR) is 51.6 cm³/mol. The lowest BCUT2D eigenvalue weighted by Crippen LogP contribution is -2.17. The number of halogens is 2. The molecule has 0 amide bonds. The Labute approximate surface area is 81.7 Å². The Kier molecular flexibility index (Phi) is 3.32. The summed E-state index contributed by atoms with van der Waals surface area (Å²) < 4.78 is 0. The molecule has 0 radical (unpaired) electrons. The highest BCUT2D eigenvalue weighted by molar-refractivity contribution is 6.32. The topological polar surface area (TPSA) is 38.9 Å². The Morgan fingerprint density at radius 1 is 1.42 bits per heavy atom. The van der Waals surface area contributed by atoms with Crippen molar-refractivity contribution in [1.29, 1.82) is 0 Å². The van der Waals surface area contributed by atoms with Crippen molar-refractivity contribution in [2.24, 2.45) is 5.73 Å². The molecule has 66 valence electrons. The molecule has 0 bridgehead atoms. The van der Waals surface area contributed by atoms with Crippen LogP contribution in [0.1, 0.15) is 12.5 Å². The van der Waals surface area contributed by atoms with Crippen LogP contribution in [0.5, 0.6) is 0 Å². The van der Waals surface area contributed by atoms with Crippen molar-refractivity contribution < 1.29 is 0 Å². The minimum atomic E-state index is 0.111. The summed E-state index contributed by atoms with van der Waals surface area (Å²) in [5.74, 6) is 0. The maximum atomic E-state index is 5.70. The van der Waals surface area contributed by atoms with E-state index in [4.69, 9.17) is 28.9 Å². The molecule has 0 unspecified atom stereocenters. The third-order valence-electron chi connectivity index (χ3n) is 1.38. The lowest BCUT2D eigenvalue weighted by molar-refractivity contribution is 0.737. The van der Waals surface area contributed by atoms with E-state index in [9.17, 15) is 0 Å². The number of nitrogens with zero attached hydrogens (tertiary/aromatic N) is 1. The molecule has 2 N–H and O–H groups in total. The van der Waals surface area contributed by atoms with Crippen LogP contribution in [0.15, 0.2) is 12.1 Å². The summed E-state index contributed by atoms with van der Waals surface area (Å²) in [5, 5.41) is 0.830. The Hall–Kier alpha value is -0.310. The Morgan fingerprint density at radius 3 is 2.33 bits per heavy atom. The van der Waals surface area contributed by atoms with Crippen molar-refractivity contribution in [3.05, 3.63) is 28.0 Å². The minimum Gasteiger partial charge on any atom is -0.328 e. The summed E-state index contributed by atoms with van der Waals surface area (Å²) in [5.41, 5.74) is 6.64. The molecule has 0 saturated carbocycles. The van der Waals surface area contributed by atoms with Crippen LogP contribution in [0.3, 0.4) is 0 Å². The second-order valence-electron chi connectivity index (χ2n) is 2.80. The predicted octanol–water partition coefficient (Wildman–Crippen LogP) is 2.28. The van der Waals surface area contributed by atoms with E-state index >= 15 is 0 Å². The number of hydrogen-bond donors (Lipinski definition) is 1. The maximum absolute atomic E-state index is 5.70. The molecule has 1 aromatic heterocycles. The molecular formula is C8H10Cl2N2. The van der Waals surface area contributed by atoms with Gasteiger partial charge >= 0.3 is 0 Å². The third-order valence-corrected chi connectivity index (χ3v) is 1.77. The molecule has 0 aliphatic heterocycles. The summed E-state index contributed by atoms with van der Waals surface area (Å²) in [4.78, 5) is 3.83. The van der Waals surface area contributed by atoms with Gasteiger partial charge in [0.2, 0.25) is 0 Å². The van der Waals surface area contributed by atoms with Gasteiger partial charge in [0, 0.05) is 6.04 Å². The number of nitrogens with two attached hydrogens (primary N) is 1. The average Bonchev–Trinajstić information content (AvgIpc) is 1.81. The van der Waals surface area contributed by atoms with Crippen LogP contribution < -0.4 is 5.73 Å². The molecule has 0 spiro atoms. The first kappa shape index (κ1) is 9.78. The fourth-order valence-corrected chi connectivity index (χ4v) is 1.51. The number of hydrogen-bond acceptors (Lipinski definition) is 2. The fraction of sp³-hybridized carbons (Fsp3) is 0.375. The summed E-state index contributed by atoms with van der Waals surface area (Å²) in [6.45, 7) is 1.93. The normalized spacial score (nSPS) is 13.0. The zero-order valence-corrected chi connectivity index (χ0v) is 8.23. The van der Waals surface area contributed by atoms with E-state index in [1.54, 1.807) is 12.1 Å². The van der Waals surface area contributed by atoms with E-state index in [1.165, 1.54) is 0 Å². The number of aromatic nitrogens is 1. The van der Waals surface area contributed by atoms with Crippen molar-refractivity contribution in [2.75, 3.05) is 0 Å². The molecule has 0 aliphatic carbocycles. The SMILES string of the molecule is C[C@@H](N)Cc1cc(Cl)nc(Cl)c1. The van der Waals surface area contributed by atoms with Crippen LogP contribution in [0, 0.1) is 0 Å². The highest BCUT2D eigenvalue weighted by atomic mass is 35.5. The largest absolute Gasteiger partial charge is 0.328 e. The van der Waals surface area contributed by atoms with Gasteiger partial charge in [-0.3, -0.25) is 0 Å². The fourth-order valence-electron chi connectivity index (χ4n) is 1.00. The number of rotatable bonds is 2. The zero-order chi connectivity index (χ0) is 9.14. The molecule has 0 fully saturated rings. The van der Waals surface area contributed by atoms with Crippen LogP contribution >= 0.6 is 23.2 Å². The van der Waals surface area contributed by atoms with Crippen LogP contribution in [-0.2, 0) is 6.42 Å². The molecule has 1 atom stereocenters. The Morgan fingerprint density at radius 2 is 1.92 bits per heavy atom. The Bertz CT molecular complexity index is 254. The molecule has 2 nitrogen and oxygen atoms in total. The van der Waals surface area contributed by atoms with Crippen molar-refractivity contribution in [3.63, 3.8) is 0 Å². The second-order valence-corrected chi connectivity index (χ2v) is 3.58. The van der Waals surface area contributed by atoms with E-state index in [-0.39, 0.29) is 6.04 Å². The molecule has 12 heavy (non-hydrogen) atoms. The molecule has 0 saturated heterocycles. The van der Waals surface area contributed by atoms with Crippen LogP contribution in [0.2, 0.25) is 10.3 Å². The standard InChI is InChI=1S/C8H10Cl2N2/c1-5(11)2-6-3-7(9)12-8(10)4-6/h3-5H,2,11H2,1H3/t5-/m1/s1. The smallest absolute Gasteiger partial charge is 0.131 e. The molecule has 1 aromatic rings. The highest BCUT2D eigenvalue weighted by Gasteiger charge is 2.01. The van der Waals surface area contributed by atoms with Gasteiger partial charge in [-0.15, -0.1) is 0 Å². The monoisotopic (exact) mass is 204 g/mol. The summed E-state index contributed by atoms with van der Waals surface area (Å²) in [7, 11) is 0. The average molecular weight is 205 g/mol.